The van der Waals surface area contributed by atoms with Crippen molar-refractivity contribution in [1.82, 2.24) is 0 Å². The highest BCUT2D eigenvalue weighted by atomic mass is 14.1. The van der Waals surface area contributed by atoms with E-state index in [0.29, 0.717) is 0 Å². The molecule has 16 heavy (non-hydrogen) atoms. The minimum absolute atomic E-state index is 1.04. The van der Waals surface area contributed by atoms with E-state index in [9.17, 15) is 0 Å². The van der Waals surface area contributed by atoms with Gasteiger partial charge in [0, 0.05) is 0 Å². The Labute approximate surface area is 104 Å². The van der Waals surface area contributed by atoms with E-state index in [4.69, 9.17) is 0 Å². The molecule has 1 unspecified atom stereocenters. The molecule has 0 fully saturated rings. The van der Waals surface area contributed by atoms with Crippen LogP contribution in [0.2, 0.25) is 0 Å². The fourth-order valence-corrected chi connectivity index (χ4v) is 2.47. The zero-order valence-corrected chi connectivity index (χ0v) is 12.1. The SMILES string of the molecule is CCCCCCC(CCCC)CCCCC. The Kier molecular flexibility index (Phi) is 13.1. The van der Waals surface area contributed by atoms with Gasteiger partial charge >= 0.3 is 0 Å². The molecule has 0 aliphatic heterocycles. The number of hydrogen-bond acceptors (Lipinski definition) is 0. The Morgan fingerprint density at radius 2 is 0.938 bits per heavy atom. The quantitative estimate of drug-likeness (QED) is 0.340. The molecule has 0 aliphatic rings. The van der Waals surface area contributed by atoms with E-state index in [1.807, 2.05) is 0 Å². The monoisotopic (exact) mass is 226 g/mol. The molecule has 98 valence electrons. The largest absolute Gasteiger partial charge is 0.0654 e. The number of hydrogen-bond donors (Lipinski definition) is 0. The standard InChI is InChI=1S/C16H34/c1-4-7-10-12-15-16(13-9-6-3)14-11-8-5-2/h16H,4-15H2,1-3H3. The zero-order valence-electron chi connectivity index (χ0n) is 12.1. The van der Waals surface area contributed by atoms with Crippen molar-refractivity contribution in [2.75, 3.05) is 0 Å². The van der Waals surface area contributed by atoms with Gasteiger partial charge in [-0.25, -0.2) is 0 Å². The summed E-state index contributed by atoms with van der Waals surface area (Å²) >= 11 is 0. The summed E-state index contributed by atoms with van der Waals surface area (Å²) in [7, 11) is 0. The van der Waals surface area contributed by atoms with Gasteiger partial charge in [0.25, 0.3) is 0 Å². The van der Waals surface area contributed by atoms with Gasteiger partial charge in [0.1, 0.15) is 0 Å². The van der Waals surface area contributed by atoms with Crippen LogP contribution in [0.4, 0.5) is 0 Å². The lowest BCUT2D eigenvalue weighted by Gasteiger charge is -2.16. The van der Waals surface area contributed by atoms with Crippen LogP contribution >= 0.6 is 0 Å². The lowest BCUT2D eigenvalue weighted by molar-refractivity contribution is 0.374. The van der Waals surface area contributed by atoms with Crippen LogP contribution in [0.1, 0.15) is 97.8 Å². The summed E-state index contributed by atoms with van der Waals surface area (Å²) in [6, 6.07) is 0. The molecule has 0 rings (SSSR count). The van der Waals surface area contributed by atoms with Crippen LogP contribution in [0, 0.1) is 5.92 Å². The Morgan fingerprint density at radius 1 is 0.500 bits per heavy atom. The van der Waals surface area contributed by atoms with Crippen LogP contribution in [0.3, 0.4) is 0 Å². The molecule has 0 spiro atoms. The van der Waals surface area contributed by atoms with Crippen LogP contribution in [0.15, 0.2) is 0 Å². The zero-order chi connectivity index (χ0) is 12.1. The first-order chi connectivity index (χ1) is 7.85. The number of rotatable bonds is 12. The molecule has 0 saturated carbocycles. The van der Waals surface area contributed by atoms with E-state index in [1.54, 1.807) is 0 Å². The summed E-state index contributed by atoms with van der Waals surface area (Å²) in [5, 5.41) is 0. The molecule has 0 bridgehead atoms. The topological polar surface area (TPSA) is 0 Å². The molecule has 0 aromatic carbocycles. The van der Waals surface area contributed by atoms with E-state index in [-0.39, 0.29) is 0 Å². The van der Waals surface area contributed by atoms with Crippen LogP contribution in [0.25, 0.3) is 0 Å². The third kappa shape index (κ3) is 10.5. The Balaban J connectivity index is 3.54. The smallest absolute Gasteiger partial charge is 0.0414 e. The molecule has 0 heterocycles. The fourth-order valence-electron chi connectivity index (χ4n) is 2.47. The summed E-state index contributed by atoms with van der Waals surface area (Å²) in [4.78, 5) is 0. The van der Waals surface area contributed by atoms with Gasteiger partial charge in [0.05, 0.1) is 0 Å². The average Bonchev–Trinajstić information content (AvgIpc) is 2.31. The maximum Gasteiger partial charge on any atom is -0.0414 e. The van der Waals surface area contributed by atoms with Crippen molar-refractivity contribution in [3.63, 3.8) is 0 Å². The first kappa shape index (κ1) is 16.0. The van der Waals surface area contributed by atoms with Crippen molar-refractivity contribution in [2.45, 2.75) is 97.8 Å². The average molecular weight is 226 g/mol. The predicted molar refractivity (Wildman–Crippen MR) is 75.9 cm³/mol. The van der Waals surface area contributed by atoms with E-state index >= 15 is 0 Å². The van der Waals surface area contributed by atoms with Gasteiger partial charge in [-0.15, -0.1) is 0 Å². The Bertz CT molecular complexity index is 117. The molecule has 0 N–H and O–H groups in total. The third-order valence-electron chi connectivity index (χ3n) is 3.65. The van der Waals surface area contributed by atoms with Crippen molar-refractivity contribution in [3.05, 3.63) is 0 Å². The van der Waals surface area contributed by atoms with Gasteiger partial charge in [-0.1, -0.05) is 97.8 Å². The Hall–Kier alpha value is 0. The van der Waals surface area contributed by atoms with Crippen LogP contribution in [-0.4, -0.2) is 0 Å². The van der Waals surface area contributed by atoms with Crippen molar-refractivity contribution in [2.24, 2.45) is 5.92 Å². The van der Waals surface area contributed by atoms with Crippen LogP contribution in [0.5, 0.6) is 0 Å². The second-order valence-electron chi connectivity index (χ2n) is 5.35. The Morgan fingerprint density at radius 3 is 1.50 bits per heavy atom. The molecule has 0 nitrogen and oxygen atoms in total. The molecule has 0 radical (unpaired) electrons. The summed E-state index contributed by atoms with van der Waals surface area (Å²) in [5.74, 6) is 1.04. The van der Waals surface area contributed by atoms with E-state index in [0.717, 1.165) is 5.92 Å². The van der Waals surface area contributed by atoms with Crippen molar-refractivity contribution in [3.8, 4) is 0 Å². The first-order valence-corrected chi connectivity index (χ1v) is 7.85. The molecular weight excluding hydrogens is 192 g/mol. The highest BCUT2D eigenvalue weighted by Gasteiger charge is 2.07. The second kappa shape index (κ2) is 13.1. The van der Waals surface area contributed by atoms with Crippen molar-refractivity contribution >= 4 is 0 Å². The summed E-state index contributed by atoms with van der Waals surface area (Å²) in [6.07, 6.45) is 17.4. The van der Waals surface area contributed by atoms with Gasteiger partial charge < -0.3 is 0 Å². The predicted octanol–water partition coefficient (Wildman–Crippen LogP) is 6.34. The van der Waals surface area contributed by atoms with Crippen LogP contribution in [-0.2, 0) is 0 Å². The van der Waals surface area contributed by atoms with Gasteiger partial charge in [-0.05, 0) is 5.92 Å². The lowest BCUT2D eigenvalue weighted by Crippen LogP contribution is -2.01. The molecule has 0 aromatic heterocycles. The van der Waals surface area contributed by atoms with Gasteiger partial charge in [0.2, 0.25) is 0 Å². The molecule has 0 aromatic rings. The lowest BCUT2D eigenvalue weighted by atomic mass is 9.90. The van der Waals surface area contributed by atoms with Gasteiger partial charge in [-0.3, -0.25) is 0 Å². The maximum absolute atomic E-state index is 2.32. The molecule has 1 atom stereocenters. The molecule has 0 heteroatoms. The van der Waals surface area contributed by atoms with Gasteiger partial charge in [-0.2, -0.15) is 0 Å². The highest BCUT2D eigenvalue weighted by molar-refractivity contribution is 4.60. The number of unbranched alkanes of at least 4 members (excludes halogenated alkanes) is 6. The minimum atomic E-state index is 1.04. The molecule has 0 aliphatic carbocycles. The first-order valence-electron chi connectivity index (χ1n) is 7.85. The highest BCUT2D eigenvalue weighted by Crippen LogP contribution is 2.23. The van der Waals surface area contributed by atoms with Crippen molar-refractivity contribution in [1.29, 1.82) is 0 Å². The molecule has 0 amide bonds. The summed E-state index contributed by atoms with van der Waals surface area (Å²) in [5.41, 5.74) is 0. The van der Waals surface area contributed by atoms with E-state index < -0.39 is 0 Å². The molecule has 0 saturated heterocycles. The van der Waals surface area contributed by atoms with E-state index in [1.165, 1.54) is 77.0 Å². The summed E-state index contributed by atoms with van der Waals surface area (Å²) in [6.45, 7) is 6.93. The maximum atomic E-state index is 2.32. The van der Waals surface area contributed by atoms with E-state index in [2.05, 4.69) is 20.8 Å². The normalized spacial score (nSPS) is 12.9. The fraction of sp³-hybridized carbons (Fsp3) is 1.00. The van der Waals surface area contributed by atoms with Gasteiger partial charge in [0.15, 0.2) is 0 Å². The third-order valence-corrected chi connectivity index (χ3v) is 3.65. The van der Waals surface area contributed by atoms with Crippen molar-refractivity contribution < 1.29 is 0 Å². The second-order valence-corrected chi connectivity index (χ2v) is 5.35. The molecular formula is C16H34. The summed E-state index contributed by atoms with van der Waals surface area (Å²) < 4.78 is 0. The minimum Gasteiger partial charge on any atom is -0.0654 e. The van der Waals surface area contributed by atoms with Crippen LogP contribution < -0.4 is 0 Å².